The molecule has 1 fully saturated rings. The van der Waals surface area contributed by atoms with Crippen LogP contribution in [0.1, 0.15) is 30.4 Å². The van der Waals surface area contributed by atoms with Gasteiger partial charge < -0.3 is 20.9 Å². The van der Waals surface area contributed by atoms with E-state index < -0.39 is 10.0 Å². The lowest BCUT2D eigenvalue weighted by atomic mass is 9.94. The zero-order chi connectivity index (χ0) is 23.9. The lowest BCUT2D eigenvalue weighted by Crippen LogP contribution is -2.51. The van der Waals surface area contributed by atoms with Crippen molar-refractivity contribution < 1.29 is 8.42 Å². The topological polar surface area (TPSA) is 116 Å². The third-order valence-electron chi connectivity index (χ3n) is 6.29. The smallest absolute Gasteiger partial charge is 0.250 e. The molecule has 5 rings (SSSR count). The molecule has 0 bridgehead atoms. The number of hydrogen-bond donors (Lipinski definition) is 4. The van der Waals surface area contributed by atoms with Crippen LogP contribution in [-0.4, -0.2) is 55.2 Å². The van der Waals surface area contributed by atoms with E-state index in [-0.39, 0.29) is 6.17 Å². The number of aliphatic imine (C=N–C) groups is 1. The number of fused-ring (bicyclic) bond motifs is 1. The number of sulfonamides is 1. The van der Waals surface area contributed by atoms with Gasteiger partial charge in [-0.25, -0.2) is 18.1 Å². The molecule has 0 amide bonds. The van der Waals surface area contributed by atoms with Crippen LogP contribution in [0.3, 0.4) is 0 Å². The molecule has 1 saturated heterocycles. The number of piperidine rings is 1. The molecule has 34 heavy (non-hydrogen) atoms. The first-order chi connectivity index (χ1) is 16.3. The first-order valence-corrected chi connectivity index (χ1v) is 13.7. The molecule has 2 aromatic rings. The minimum atomic E-state index is -3.52. The van der Waals surface area contributed by atoms with Gasteiger partial charge in [0.1, 0.15) is 9.21 Å². The van der Waals surface area contributed by atoms with Crippen molar-refractivity contribution in [2.24, 2.45) is 18.0 Å². The van der Waals surface area contributed by atoms with Crippen molar-refractivity contribution >= 4 is 37.9 Å². The molecule has 2 atom stereocenters. The first-order valence-electron chi connectivity index (χ1n) is 11.4. The number of aromatic nitrogens is 2. The molecule has 2 unspecified atom stereocenters. The number of rotatable bonds is 6. The van der Waals surface area contributed by atoms with Crippen molar-refractivity contribution in [3.63, 3.8) is 0 Å². The first kappa shape index (κ1) is 23.1. The SMILES string of the molecule is CNS(=O)(=O)c1sc(N=C2NC(CC3CCCNC3)=CN3C(c4cnn(C)c4)=CNC23)cc1C. The number of nitrogens with one attached hydrogen (secondary N) is 4. The summed E-state index contributed by atoms with van der Waals surface area (Å²) >= 11 is 1.17. The third kappa shape index (κ3) is 4.50. The number of thiophene rings is 1. The summed E-state index contributed by atoms with van der Waals surface area (Å²) in [4.78, 5) is 7.07. The van der Waals surface area contributed by atoms with Gasteiger partial charge in [-0.15, -0.1) is 11.3 Å². The zero-order valence-electron chi connectivity index (χ0n) is 19.5. The quantitative estimate of drug-likeness (QED) is 0.476. The maximum atomic E-state index is 12.4. The number of hydrogen-bond acceptors (Lipinski definition) is 8. The second-order valence-corrected chi connectivity index (χ2v) is 12.0. The Morgan fingerprint density at radius 3 is 2.94 bits per heavy atom. The van der Waals surface area contributed by atoms with Crippen molar-refractivity contribution in [2.75, 3.05) is 20.1 Å². The van der Waals surface area contributed by atoms with Gasteiger partial charge in [-0.1, -0.05) is 0 Å². The maximum Gasteiger partial charge on any atom is 0.250 e. The van der Waals surface area contributed by atoms with Crippen LogP contribution in [0.15, 0.2) is 45.8 Å². The van der Waals surface area contributed by atoms with Crippen LogP contribution in [0.2, 0.25) is 0 Å². The van der Waals surface area contributed by atoms with Crippen molar-refractivity contribution in [1.29, 1.82) is 0 Å². The summed E-state index contributed by atoms with van der Waals surface area (Å²) in [6.07, 6.45) is 11.1. The van der Waals surface area contributed by atoms with Crippen molar-refractivity contribution in [2.45, 2.75) is 36.6 Å². The van der Waals surface area contributed by atoms with Crippen molar-refractivity contribution in [1.82, 2.24) is 35.4 Å². The Hall–Kier alpha value is -2.67. The van der Waals surface area contributed by atoms with Crippen LogP contribution in [0, 0.1) is 12.8 Å². The normalized spacial score (nSPS) is 23.9. The minimum absolute atomic E-state index is 0.213. The molecular weight excluding hydrogens is 472 g/mol. The molecule has 10 nitrogen and oxygen atoms in total. The Bertz CT molecular complexity index is 1270. The van der Waals surface area contributed by atoms with E-state index in [0.29, 0.717) is 20.7 Å². The monoisotopic (exact) mass is 502 g/mol. The van der Waals surface area contributed by atoms with Gasteiger partial charge in [-0.2, -0.15) is 5.10 Å². The Balaban J connectivity index is 1.48. The molecule has 0 aliphatic carbocycles. The third-order valence-corrected chi connectivity index (χ3v) is 9.47. The summed E-state index contributed by atoms with van der Waals surface area (Å²) < 4.78 is 29.2. The van der Waals surface area contributed by atoms with Gasteiger partial charge >= 0.3 is 0 Å². The molecule has 3 aliphatic rings. The molecule has 0 radical (unpaired) electrons. The summed E-state index contributed by atoms with van der Waals surface area (Å²) in [5.74, 6) is 1.30. The van der Waals surface area contributed by atoms with E-state index in [2.05, 4.69) is 36.9 Å². The van der Waals surface area contributed by atoms with Crippen molar-refractivity contribution in [3.05, 3.63) is 47.7 Å². The van der Waals surface area contributed by atoms with Gasteiger partial charge in [0.15, 0.2) is 12.0 Å². The predicted molar refractivity (Wildman–Crippen MR) is 134 cm³/mol. The van der Waals surface area contributed by atoms with Gasteiger partial charge in [0.2, 0.25) is 10.0 Å². The van der Waals surface area contributed by atoms with Crippen molar-refractivity contribution in [3.8, 4) is 0 Å². The molecule has 0 spiro atoms. The lowest BCUT2D eigenvalue weighted by Gasteiger charge is -2.34. The Morgan fingerprint density at radius 1 is 1.38 bits per heavy atom. The van der Waals surface area contributed by atoms with Crippen LogP contribution in [0.4, 0.5) is 5.00 Å². The van der Waals surface area contributed by atoms with E-state index >= 15 is 0 Å². The highest BCUT2D eigenvalue weighted by Gasteiger charge is 2.35. The highest BCUT2D eigenvalue weighted by atomic mass is 32.2. The molecule has 5 heterocycles. The molecule has 3 aliphatic heterocycles. The van der Waals surface area contributed by atoms with E-state index in [1.54, 1.807) is 11.6 Å². The highest BCUT2D eigenvalue weighted by Crippen LogP contribution is 2.35. The molecule has 0 saturated carbocycles. The standard InChI is InChI=1S/C22H30N8O2S2/c1-14-7-19(33-22(14)34(31,32)23-2)28-20-21-25-11-18(16-10-26-29(3)12-16)30(21)13-17(27-20)8-15-5-4-6-24-9-15/h7,10-13,15,21,23-25H,4-6,8-9H2,1-3H3,(H,27,28). The van der Waals surface area contributed by atoms with Gasteiger partial charge in [0.25, 0.3) is 0 Å². The number of aryl methyl sites for hydroxylation is 2. The van der Waals surface area contributed by atoms with Gasteiger partial charge in [-0.3, -0.25) is 4.68 Å². The van der Waals surface area contributed by atoms with Crippen LogP contribution in [-0.2, 0) is 17.1 Å². The zero-order valence-corrected chi connectivity index (χ0v) is 21.1. The van der Waals surface area contributed by atoms with Crippen LogP contribution in [0.25, 0.3) is 5.70 Å². The Morgan fingerprint density at radius 2 is 2.24 bits per heavy atom. The van der Waals surface area contributed by atoms with Gasteiger partial charge in [-0.05, 0) is 63.9 Å². The van der Waals surface area contributed by atoms with Crippen LogP contribution >= 0.6 is 11.3 Å². The van der Waals surface area contributed by atoms with E-state index in [0.717, 1.165) is 42.3 Å². The van der Waals surface area contributed by atoms with Gasteiger partial charge in [0.05, 0.1) is 11.9 Å². The fraction of sp³-hybridized carbons (Fsp3) is 0.455. The summed E-state index contributed by atoms with van der Waals surface area (Å²) in [7, 11) is -0.197. The largest absolute Gasteiger partial charge is 0.363 e. The molecule has 4 N–H and O–H groups in total. The predicted octanol–water partition coefficient (Wildman–Crippen LogP) is 1.79. The fourth-order valence-electron chi connectivity index (χ4n) is 4.61. The minimum Gasteiger partial charge on any atom is -0.363 e. The number of allylic oxidation sites excluding steroid dienone is 1. The number of nitrogens with zero attached hydrogens (tertiary/aromatic N) is 4. The fourth-order valence-corrected chi connectivity index (χ4v) is 7.01. The van der Waals surface area contributed by atoms with E-state index in [4.69, 9.17) is 4.99 Å². The second kappa shape index (κ2) is 9.17. The number of amidine groups is 1. The van der Waals surface area contributed by atoms with Gasteiger partial charge in [0, 0.05) is 36.9 Å². The Labute approximate surface area is 203 Å². The van der Waals surface area contributed by atoms with E-state index in [1.165, 1.54) is 31.2 Å². The van der Waals surface area contributed by atoms with E-state index in [1.807, 2.05) is 31.7 Å². The highest BCUT2D eigenvalue weighted by molar-refractivity contribution is 7.91. The summed E-state index contributed by atoms with van der Waals surface area (Å²) in [5.41, 5.74) is 3.82. The summed E-state index contributed by atoms with van der Waals surface area (Å²) in [6, 6.07) is 1.82. The molecule has 0 aromatic carbocycles. The maximum absolute atomic E-state index is 12.4. The average molecular weight is 503 g/mol. The lowest BCUT2D eigenvalue weighted by molar-refractivity contribution is 0.362. The second-order valence-electron chi connectivity index (χ2n) is 8.86. The average Bonchev–Trinajstić information content (AvgIpc) is 3.53. The van der Waals surface area contributed by atoms with Crippen LogP contribution < -0.4 is 20.7 Å². The molecule has 2 aromatic heterocycles. The Kier molecular flexibility index (Phi) is 6.23. The molecule has 182 valence electrons. The molecular formula is C22H30N8O2S2. The van der Waals surface area contributed by atoms with Crippen LogP contribution in [0.5, 0.6) is 0 Å². The summed E-state index contributed by atoms with van der Waals surface area (Å²) in [6.45, 7) is 3.88. The molecule has 12 heteroatoms. The van der Waals surface area contributed by atoms with E-state index in [9.17, 15) is 8.42 Å². The summed E-state index contributed by atoms with van der Waals surface area (Å²) in [5, 5.41) is 15.4.